The molecule has 1 aromatic carbocycles. The highest BCUT2D eigenvalue weighted by molar-refractivity contribution is 5.81. The van der Waals surface area contributed by atoms with Crippen molar-refractivity contribution in [3.8, 4) is 12.3 Å². The molecule has 0 aliphatic carbocycles. The number of terminal acetylenes is 1. The fourth-order valence-corrected chi connectivity index (χ4v) is 1.24. The Hall–Kier alpha value is -1.83. The van der Waals surface area contributed by atoms with Crippen LogP contribution < -0.4 is 11.1 Å². The van der Waals surface area contributed by atoms with Crippen LogP contribution in [0.3, 0.4) is 0 Å². The number of hydrogen-bond donors (Lipinski definition) is 2. The van der Waals surface area contributed by atoms with E-state index in [9.17, 15) is 4.79 Å². The standard InChI is InChI=1S/C13H16N2O2/c1-2-8-17-10-12(14)13(16)15-9-11-6-4-3-5-7-11/h1,3-7,12H,8-10,14H2,(H,15,16)/t12-/m0/s1. The van der Waals surface area contributed by atoms with Gasteiger partial charge in [0, 0.05) is 6.54 Å². The molecule has 1 atom stereocenters. The van der Waals surface area contributed by atoms with Crippen molar-refractivity contribution >= 4 is 5.91 Å². The first-order valence-corrected chi connectivity index (χ1v) is 5.32. The predicted molar refractivity (Wildman–Crippen MR) is 65.9 cm³/mol. The summed E-state index contributed by atoms with van der Waals surface area (Å²) in [6.45, 7) is 0.757. The van der Waals surface area contributed by atoms with Gasteiger partial charge in [0.2, 0.25) is 5.91 Å². The maximum Gasteiger partial charge on any atom is 0.239 e. The number of carbonyl (C=O) groups is 1. The molecule has 0 unspecified atom stereocenters. The van der Waals surface area contributed by atoms with Crippen LogP contribution in [0.15, 0.2) is 30.3 Å². The number of nitrogens with two attached hydrogens (primary N) is 1. The first kappa shape index (κ1) is 13.2. The lowest BCUT2D eigenvalue weighted by atomic mass is 10.2. The highest BCUT2D eigenvalue weighted by Crippen LogP contribution is 1.97. The second-order valence-corrected chi connectivity index (χ2v) is 3.53. The Morgan fingerprint density at radius 1 is 1.47 bits per heavy atom. The minimum absolute atomic E-state index is 0.130. The van der Waals surface area contributed by atoms with E-state index in [1.807, 2.05) is 30.3 Å². The third-order valence-corrected chi connectivity index (χ3v) is 2.13. The van der Waals surface area contributed by atoms with E-state index >= 15 is 0 Å². The summed E-state index contributed by atoms with van der Waals surface area (Å²) in [7, 11) is 0. The second kappa shape index (κ2) is 7.44. The fourth-order valence-electron chi connectivity index (χ4n) is 1.24. The molecule has 0 bridgehead atoms. The number of nitrogens with one attached hydrogen (secondary N) is 1. The molecule has 0 heterocycles. The number of ether oxygens (including phenoxy) is 1. The van der Waals surface area contributed by atoms with Gasteiger partial charge in [0.25, 0.3) is 0 Å². The first-order chi connectivity index (χ1) is 8.24. The topological polar surface area (TPSA) is 64.3 Å². The maximum atomic E-state index is 11.5. The van der Waals surface area contributed by atoms with Gasteiger partial charge in [-0.15, -0.1) is 6.42 Å². The third-order valence-electron chi connectivity index (χ3n) is 2.13. The Balaban J connectivity index is 2.27. The lowest BCUT2D eigenvalue weighted by Crippen LogP contribution is -2.43. The van der Waals surface area contributed by atoms with Crippen molar-refractivity contribution in [2.24, 2.45) is 5.73 Å². The number of rotatable bonds is 6. The van der Waals surface area contributed by atoms with Crippen molar-refractivity contribution in [1.82, 2.24) is 5.32 Å². The number of amides is 1. The molecule has 0 saturated carbocycles. The lowest BCUT2D eigenvalue weighted by Gasteiger charge is -2.11. The molecule has 0 fully saturated rings. The molecule has 0 aliphatic rings. The molecule has 0 aromatic heterocycles. The van der Waals surface area contributed by atoms with Gasteiger partial charge in [-0.1, -0.05) is 36.3 Å². The van der Waals surface area contributed by atoms with E-state index in [0.29, 0.717) is 6.54 Å². The lowest BCUT2D eigenvalue weighted by molar-refractivity contribution is -0.123. The molecule has 90 valence electrons. The molecular formula is C13H16N2O2. The third kappa shape index (κ3) is 5.16. The van der Waals surface area contributed by atoms with Gasteiger partial charge in [-0.25, -0.2) is 0 Å². The van der Waals surface area contributed by atoms with E-state index in [4.69, 9.17) is 16.9 Å². The Labute approximate surface area is 101 Å². The molecule has 0 aliphatic heterocycles. The second-order valence-electron chi connectivity index (χ2n) is 3.53. The van der Waals surface area contributed by atoms with Crippen LogP contribution >= 0.6 is 0 Å². The Bertz CT molecular complexity index is 384. The summed E-state index contributed by atoms with van der Waals surface area (Å²) >= 11 is 0. The molecule has 4 nitrogen and oxygen atoms in total. The van der Waals surface area contributed by atoms with Crippen LogP contribution in [-0.2, 0) is 16.1 Å². The van der Waals surface area contributed by atoms with Crippen LogP contribution in [0.25, 0.3) is 0 Å². The quantitative estimate of drug-likeness (QED) is 0.547. The van der Waals surface area contributed by atoms with Crippen molar-refractivity contribution in [1.29, 1.82) is 0 Å². The van der Waals surface area contributed by atoms with Gasteiger partial charge in [-0.3, -0.25) is 4.79 Å². The van der Waals surface area contributed by atoms with Gasteiger partial charge in [-0.2, -0.15) is 0 Å². The van der Waals surface area contributed by atoms with Crippen molar-refractivity contribution in [2.45, 2.75) is 12.6 Å². The summed E-state index contributed by atoms with van der Waals surface area (Å²) in [5, 5.41) is 2.73. The molecular weight excluding hydrogens is 216 g/mol. The molecule has 0 spiro atoms. The van der Waals surface area contributed by atoms with Crippen LogP contribution in [0.1, 0.15) is 5.56 Å². The van der Waals surface area contributed by atoms with Gasteiger partial charge in [-0.05, 0) is 5.56 Å². The van der Waals surface area contributed by atoms with Crippen LogP contribution in [0.4, 0.5) is 0 Å². The SMILES string of the molecule is C#CCOC[C@H](N)C(=O)NCc1ccccc1. The summed E-state index contributed by atoms with van der Waals surface area (Å²) < 4.78 is 5.00. The van der Waals surface area contributed by atoms with E-state index in [0.717, 1.165) is 5.56 Å². The normalized spacial score (nSPS) is 11.5. The average Bonchev–Trinajstić information content (AvgIpc) is 2.37. The molecule has 1 aromatic rings. The zero-order valence-electron chi connectivity index (χ0n) is 9.56. The molecule has 17 heavy (non-hydrogen) atoms. The molecule has 3 N–H and O–H groups in total. The van der Waals surface area contributed by atoms with Crippen LogP contribution in [0.2, 0.25) is 0 Å². The summed E-state index contributed by atoms with van der Waals surface area (Å²) in [4.78, 5) is 11.5. The van der Waals surface area contributed by atoms with E-state index in [1.165, 1.54) is 0 Å². The number of hydrogen-bond acceptors (Lipinski definition) is 3. The Morgan fingerprint density at radius 2 is 2.18 bits per heavy atom. The fraction of sp³-hybridized carbons (Fsp3) is 0.308. The summed E-state index contributed by atoms with van der Waals surface area (Å²) in [6.07, 6.45) is 5.01. The number of benzene rings is 1. The van der Waals surface area contributed by atoms with Crippen molar-refractivity contribution in [3.05, 3.63) is 35.9 Å². The van der Waals surface area contributed by atoms with Gasteiger partial charge in [0.1, 0.15) is 12.6 Å². The zero-order chi connectivity index (χ0) is 12.5. The first-order valence-electron chi connectivity index (χ1n) is 5.32. The minimum atomic E-state index is -0.688. The van der Waals surface area contributed by atoms with Gasteiger partial charge >= 0.3 is 0 Å². The molecule has 0 saturated heterocycles. The monoisotopic (exact) mass is 232 g/mol. The number of carbonyl (C=O) groups excluding carboxylic acids is 1. The van der Waals surface area contributed by atoms with E-state index < -0.39 is 6.04 Å². The zero-order valence-corrected chi connectivity index (χ0v) is 9.56. The van der Waals surface area contributed by atoms with E-state index in [-0.39, 0.29) is 19.1 Å². The van der Waals surface area contributed by atoms with Crippen molar-refractivity contribution < 1.29 is 9.53 Å². The molecule has 1 rings (SSSR count). The van der Waals surface area contributed by atoms with Crippen LogP contribution in [-0.4, -0.2) is 25.2 Å². The van der Waals surface area contributed by atoms with Gasteiger partial charge in [0.15, 0.2) is 0 Å². The molecule has 1 amide bonds. The average molecular weight is 232 g/mol. The van der Waals surface area contributed by atoms with Crippen LogP contribution in [0, 0.1) is 12.3 Å². The van der Waals surface area contributed by atoms with E-state index in [2.05, 4.69) is 11.2 Å². The molecule has 0 radical (unpaired) electrons. The van der Waals surface area contributed by atoms with E-state index in [1.54, 1.807) is 0 Å². The maximum absolute atomic E-state index is 11.5. The van der Waals surface area contributed by atoms with Crippen LogP contribution in [0.5, 0.6) is 0 Å². The Morgan fingerprint density at radius 3 is 2.82 bits per heavy atom. The Kier molecular flexibility index (Phi) is 5.80. The highest BCUT2D eigenvalue weighted by Gasteiger charge is 2.12. The summed E-state index contributed by atoms with van der Waals surface area (Å²) in [5.41, 5.74) is 6.64. The van der Waals surface area contributed by atoms with Gasteiger partial charge in [0.05, 0.1) is 6.61 Å². The summed E-state index contributed by atoms with van der Waals surface area (Å²) in [5.74, 6) is 2.07. The predicted octanol–water partition coefficient (Wildman–Crippen LogP) is 0.280. The highest BCUT2D eigenvalue weighted by atomic mass is 16.5. The summed E-state index contributed by atoms with van der Waals surface area (Å²) in [6, 6.07) is 8.92. The van der Waals surface area contributed by atoms with Crippen molar-refractivity contribution in [3.63, 3.8) is 0 Å². The molecule has 4 heteroatoms. The van der Waals surface area contributed by atoms with Crippen molar-refractivity contribution in [2.75, 3.05) is 13.2 Å². The minimum Gasteiger partial charge on any atom is -0.367 e. The smallest absolute Gasteiger partial charge is 0.239 e. The largest absolute Gasteiger partial charge is 0.367 e. The van der Waals surface area contributed by atoms with Gasteiger partial charge < -0.3 is 15.8 Å².